The Morgan fingerprint density at radius 2 is 1.71 bits per heavy atom. The van der Waals surface area contributed by atoms with E-state index in [0.29, 0.717) is 0 Å². The van der Waals surface area contributed by atoms with Gasteiger partial charge in [0, 0.05) is 13.2 Å². The van der Waals surface area contributed by atoms with Crippen molar-refractivity contribution in [2.45, 2.75) is 97.0 Å². The Labute approximate surface area is 133 Å². The van der Waals surface area contributed by atoms with Crippen molar-refractivity contribution in [3.63, 3.8) is 0 Å². The van der Waals surface area contributed by atoms with Crippen LogP contribution in [0.4, 0.5) is 0 Å². The van der Waals surface area contributed by atoms with Crippen molar-refractivity contribution in [2.24, 2.45) is 5.92 Å². The van der Waals surface area contributed by atoms with Crippen molar-refractivity contribution >= 4 is 0 Å². The van der Waals surface area contributed by atoms with Gasteiger partial charge in [0.2, 0.25) is 0 Å². The summed E-state index contributed by atoms with van der Waals surface area (Å²) in [6, 6.07) is 0. The van der Waals surface area contributed by atoms with Gasteiger partial charge in [-0.3, -0.25) is 0 Å². The van der Waals surface area contributed by atoms with Gasteiger partial charge in [-0.15, -0.1) is 0 Å². The van der Waals surface area contributed by atoms with Crippen LogP contribution >= 0.6 is 0 Å². The molecule has 0 bridgehead atoms. The predicted octanol–water partition coefficient (Wildman–Crippen LogP) is 5.31. The molecule has 1 rings (SSSR count). The Kier molecular flexibility index (Phi) is 10.4. The molecule has 0 aromatic heterocycles. The van der Waals surface area contributed by atoms with Crippen LogP contribution in [0.3, 0.4) is 0 Å². The van der Waals surface area contributed by atoms with E-state index in [1.807, 2.05) is 0 Å². The van der Waals surface area contributed by atoms with Crippen LogP contribution in [0.5, 0.6) is 0 Å². The van der Waals surface area contributed by atoms with Crippen LogP contribution in [0.1, 0.15) is 91.4 Å². The van der Waals surface area contributed by atoms with Crippen LogP contribution in [0.15, 0.2) is 0 Å². The van der Waals surface area contributed by atoms with E-state index < -0.39 is 0 Å². The van der Waals surface area contributed by atoms with Crippen LogP contribution < -0.4 is 5.32 Å². The van der Waals surface area contributed by atoms with E-state index in [1.165, 1.54) is 70.6 Å². The molecule has 2 heteroatoms. The SMILES string of the molecule is CCCCCCOC1(CNCCC)CCC(CCC)CC1. The first-order chi connectivity index (χ1) is 10.3. The molecule has 126 valence electrons. The molecule has 0 aromatic carbocycles. The van der Waals surface area contributed by atoms with E-state index in [1.54, 1.807) is 0 Å². The predicted molar refractivity (Wildman–Crippen MR) is 92.9 cm³/mol. The van der Waals surface area contributed by atoms with Gasteiger partial charge >= 0.3 is 0 Å². The highest BCUT2D eigenvalue weighted by Crippen LogP contribution is 2.36. The summed E-state index contributed by atoms with van der Waals surface area (Å²) < 4.78 is 6.43. The summed E-state index contributed by atoms with van der Waals surface area (Å²) in [7, 11) is 0. The number of hydrogen-bond donors (Lipinski definition) is 1. The van der Waals surface area contributed by atoms with Gasteiger partial charge in [0.15, 0.2) is 0 Å². The van der Waals surface area contributed by atoms with Crippen LogP contribution in [-0.2, 0) is 4.74 Å². The zero-order chi connectivity index (χ0) is 15.4. The first-order valence-electron chi connectivity index (χ1n) is 9.61. The fourth-order valence-corrected chi connectivity index (χ4v) is 3.58. The number of ether oxygens (including phenoxy) is 1. The van der Waals surface area contributed by atoms with Crippen molar-refractivity contribution < 1.29 is 4.74 Å². The van der Waals surface area contributed by atoms with Crippen LogP contribution in [0.2, 0.25) is 0 Å². The van der Waals surface area contributed by atoms with Gasteiger partial charge in [-0.25, -0.2) is 0 Å². The highest BCUT2D eigenvalue weighted by atomic mass is 16.5. The zero-order valence-electron chi connectivity index (χ0n) is 14.9. The lowest BCUT2D eigenvalue weighted by Crippen LogP contribution is -2.46. The van der Waals surface area contributed by atoms with Crippen LogP contribution in [-0.4, -0.2) is 25.3 Å². The number of nitrogens with one attached hydrogen (secondary N) is 1. The largest absolute Gasteiger partial charge is 0.374 e. The monoisotopic (exact) mass is 297 g/mol. The Hall–Kier alpha value is -0.0800. The quantitative estimate of drug-likeness (QED) is 0.493. The molecule has 0 aliphatic heterocycles. The number of rotatable bonds is 12. The van der Waals surface area contributed by atoms with E-state index in [9.17, 15) is 0 Å². The van der Waals surface area contributed by atoms with Crippen molar-refractivity contribution in [3.05, 3.63) is 0 Å². The third-order valence-corrected chi connectivity index (χ3v) is 4.99. The fraction of sp³-hybridized carbons (Fsp3) is 1.00. The highest BCUT2D eigenvalue weighted by Gasteiger charge is 2.35. The van der Waals surface area contributed by atoms with Gasteiger partial charge in [0.25, 0.3) is 0 Å². The molecular weight excluding hydrogens is 258 g/mol. The Morgan fingerprint density at radius 1 is 0.952 bits per heavy atom. The molecule has 0 atom stereocenters. The number of hydrogen-bond acceptors (Lipinski definition) is 2. The topological polar surface area (TPSA) is 21.3 Å². The smallest absolute Gasteiger partial charge is 0.0806 e. The highest BCUT2D eigenvalue weighted by molar-refractivity contribution is 4.89. The molecule has 0 aromatic rings. The Morgan fingerprint density at radius 3 is 2.33 bits per heavy atom. The van der Waals surface area contributed by atoms with Gasteiger partial charge in [-0.2, -0.15) is 0 Å². The molecule has 1 aliphatic rings. The van der Waals surface area contributed by atoms with Gasteiger partial charge in [0.05, 0.1) is 5.60 Å². The maximum absolute atomic E-state index is 6.43. The lowest BCUT2D eigenvalue weighted by molar-refractivity contribution is -0.0779. The lowest BCUT2D eigenvalue weighted by Gasteiger charge is -2.40. The van der Waals surface area contributed by atoms with Crippen molar-refractivity contribution in [2.75, 3.05) is 19.7 Å². The standard InChI is InChI=1S/C19H39NO/c1-4-7-8-9-16-21-19(17-20-15-6-3)13-11-18(10-5-2)12-14-19/h18,20H,4-17H2,1-3H3. The van der Waals surface area contributed by atoms with E-state index in [-0.39, 0.29) is 5.60 Å². The Balaban J connectivity index is 2.36. The van der Waals surface area contributed by atoms with E-state index in [2.05, 4.69) is 26.1 Å². The first-order valence-corrected chi connectivity index (χ1v) is 9.61. The third kappa shape index (κ3) is 7.65. The summed E-state index contributed by atoms with van der Waals surface area (Å²) in [5, 5.41) is 3.62. The summed E-state index contributed by atoms with van der Waals surface area (Å²) >= 11 is 0. The summed E-state index contributed by atoms with van der Waals surface area (Å²) in [5.41, 5.74) is 0.144. The minimum absolute atomic E-state index is 0.144. The van der Waals surface area contributed by atoms with Crippen molar-refractivity contribution in [3.8, 4) is 0 Å². The molecule has 1 saturated carbocycles. The first kappa shape index (κ1) is 19.0. The molecule has 0 amide bonds. The second-order valence-corrected chi connectivity index (χ2v) is 7.00. The molecule has 0 spiro atoms. The second kappa shape index (κ2) is 11.5. The second-order valence-electron chi connectivity index (χ2n) is 7.00. The Bertz CT molecular complexity index is 234. The molecule has 2 nitrogen and oxygen atoms in total. The molecule has 0 unspecified atom stereocenters. The van der Waals surface area contributed by atoms with Gasteiger partial charge in [-0.1, -0.05) is 52.9 Å². The zero-order valence-corrected chi connectivity index (χ0v) is 14.9. The summed E-state index contributed by atoms with van der Waals surface area (Å²) in [6.45, 7) is 9.98. The van der Waals surface area contributed by atoms with Crippen molar-refractivity contribution in [1.82, 2.24) is 5.32 Å². The molecule has 0 saturated heterocycles. The number of unbranched alkanes of at least 4 members (excludes halogenated alkanes) is 3. The molecule has 0 radical (unpaired) electrons. The summed E-state index contributed by atoms with van der Waals surface area (Å²) in [5.74, 6) is 0.956. The normalized spacial score (nSPS) is 26.1. The van der Waals surface area contributed by atoms with Crippen LogP contribution in [0.25, 0.3) is 0 Å². The van der Waals surface area contributed by atoms with Crippen LogP contribution in [0, 0.1) is 5.92 Å². The molecule has 1 N–H and O–H groups in total. The average molecular weight is 298 g/mol. The molecule has 0 heterocycles. The van der Waals surface area contributed by atoms with E-state index >= 15 is 0 Å². The average Bonchev–Trinajstić information content (AvgIpc) is 2.50. The third-order valence-electron chi connectivity index (χ3n) is 4.99. The lowest BCUT2D eigenvalue weighted by atomic mass is 9.77. The maximum atomic E-state index is 6.43. The molecular formula is C19H39NO. The summed E-state index contributed by atoms with van der Waals surface area (Å²) in [4.78, 5) is 0. The van der Waals surface area contributed by atoms with Gasteiger partial charge < -0.3 is 10.1 Å². The van der Waals surface area contributed by atoms with E-state index in [0.717, 1.165) is 25.6 Å². The van der Waals surface area contributed by atoms with E-state index in [4.69, 9.17) is 4.74 Å². The molecule has 1 fully saturated rings. The van der Waals surface area contributed by atoms with Gasteiger partial charge in [0.1, 0.15) is 0 Å². The van der Waals surface area contributed by atoms with Crippen molar-refractivity contribution in [1.29, 1.82) is 0 Å². The van der Waals surface area contributed by atoms with Gasteiger partial charge in [-0.05, 0) is 51.0 Å². The molecule has 21 heavy (non-hydrogen) atoms. The minimum atomic E-state index is 0.144. The molecule has 1 aliphatic carbocycles. The fourth-order valence-electron chi connectivity index (χ4n) is 3.58. The maximum Gasteiger partial charge on any atom is 0.0806 e. The summed E-state index contributed by atoms with van der Waals surface area (Å²) in [6.07, 6.45) is 14.5. The minimum Gasteiger partial charge on any atom is -0.374 e.